The Hall–Kier alpha value is -1.59. The number of hydrogen-bond acceptors (Lipinski definition) is 3. The number of anilines is 1. The lowest BCUT2D eigenvalue weighted by molar-refractivity contribution is -0.117. The van der Waals surface area contributed by atoms with E-state index in [4.69, 9.17) is 0 Å². The van der Waals surface area contributed by atoms with Crippen LogP contribution in [0.4, 0.5) is 5.69 Å². The average molecular weight is 352 g/mol. The van der Waals surface area contributed by atoms with E-state index in [9.17, 15) is 9.59 Å². The Bertz CT molecular complexity index is 600. The van der Waals surface area contributed by atoms with Gasteiger partial charge in [-0.2, -0.15) is 0 Å². The topological polar surface area (TPSA) is 61.4 Å². The summed E-state index contributed by atoms with van der Waals surface area (Å²) in [7, 11) is 1.97. The predicted octanol–water partition coefficient (Wildman–Crippen LogP) is 2.53. The van der Waals surface area contributed by atoms with E-state index < -0.39 is 0 Å². The van der Waals surface area contributed by atoms with E-state index in [1.165, 1.54) is 0 Å². The van der Waals surface area contributed by atoms with Gasteiger partial charge in [-0.1, -0.05) is 13.0 Å². The molecular formula is C18H26ClN3O2. The molecule has 1 heterocycles. The number of likely N-dealkylation sites (tertiary alicyclic amines) is 1. The Morgan fingerprint density at radius 1 is 1.21 bits per heavy atom. The largest absolute Gasteiger partial charge is 0.339 e. The molecule has 1 aliphatic heterocycles. The molecule has 0 radical (unpaired) electrons. The number of rotatable bonds is 4. The summed E-state index contributed by atoms with van der Waals surface area (Å²) in [4.78, 5) is 26.5. The first-order valence-electron chi connectivity index (χ1n) is 8.46. The zero-order valence-corrected chi connectivity index (χ0v) is 15.1. The molecule has 6 heteroatoms. The van der Waals surface area contributed by atoms with Gasteiger partial charge < -0.3 is 15.5 Å². The molecule has 5 nitrogen and oxygen atoms in total. The third kappa shape index (κ3) is 4.28. The van der Waals surface area contributed by atoms with Gasteiger partial charge >= 0.3 is 0 Å². The van der Waals surface area contributed by atoms with Crippen molar-refractivity contribution in [2.75, 3.05) is 25.5 Å². The number of hydrogen-bond donors (Lipinski definition) is 2. The van der Waals surface area contributed by atoms with Gasteiger partial charge in [0.15, 0.2) is 0 Å². The van der Waals surface area contributed by atoms with Crippen molar-refractivity contribution < 1.29 is 9.59 Å². The lowest BCUT2D eigenvalue weighted by atomic mass is 10.0. The van der Waals surface area contributed by atoms with Crippen LogP contribution in [0, 0.1) is 11.8 Å². The van der Waals surface area contributed by atoms with Crippen LogP contribution in [0.3, 0.4) is 0 Å². The van der Waals surface area contributed by atoms with Gasteiger partial charge in [0.25, 0.3) is 5.91 Å². The molecule has 2 fully saturated rings. The summed E-state index contributed by atoms with van der Waals surface area (Å²) in [6.45, 7) is 3.64. The number of nitrogens with zero attached hydrogens (tertiary/aromatic N) is 1. The minimum atomic E-state index is 0. The molecule has 2 atom stereocenters. The van der Waals surface area contributed by atoms with Gasteiger partial charge in [0, 0.05) is 36.3 Å². The summed E-state index contributed by atoms with van der Waals surface area (Å²) in [5.41, 5.74) is 1.36. The summed E-state index contributed by atoms with van der Waals surface area (Å²) >= 11 is 0. The first-order chi connectivity index (χ1) is 11.1. The van der Waals surface area contributed by atoms with Gasteiger partial charge in [0.1, 0.15) is 0 Å². The molecule has 1 aliphatic carbocycles. The zero-order chi connectivity index (χ0) is 16.4. The maximum atomic E-state index is 12.6. The summed E-state index contributed by atoms with van der Waals surface area (Å²) in [6.07, 6.45) is 2.93. The molecule has 1 aromatic rings. The first-order valence-corrected chi connectivity index (χ1v) is 8.46. The predicted molar refractivity (Wildman–Crippen MR) is 97.6 cm³/mol. The molecule has 0 bridgehead atoms. The van der Waals surface area contributed by atoms with Gasteiger partial charge in [0.05, 0.1) is 0 Å². The quantitative estimate of drug-likeness (QED) is 0.876. The highest BCUT2D eigenvalue weighted by Crippen LogP contribution is 2.38. The molecule has 132 valence electrons. The lowest BCUT2D eigenvalue weighted by Gasteiger charge is -2.32. The Labute approximate surface area is 149 Å². The average Bonchev–Trinajstić information content (AvgIpc) is 3.31. The van der Waals surface area contributed by atoms with Crippen LogP contribution >= 0.6 is 12.4 Å². The third-order valence-electron chi connectivity index (χ3n) is 5.01. The zero-order valence-electron chi connectivity index (χ0n) is 14.2. The molecule has 24 heavy (non-hydrogen) atoms. The fourth-order valence-corrected chi connectivity index (χ4v) is 3.21. The van der Waals surface area contributed by atoms with E-state index in [0.29, 0.717) is 23.2 Å². The molecule has 0 spiro atoms. The van der Waals surface area contributed by atoms with Crippen molar-refractivity contribution in [3.8, 4) is 0 Å². The summed E-state index contributed by atoms with van der Waals surface area (Å²) in [5.74, 6) is 0.732. The Kier molecular flexibility index (Phi) is 6.24. The summed E-state index contributed by atoms with van der Waals surface area (Å²) in [6, 6.07) is 7.79. The Balaban J connectivity index is 0.00000208. The van der Waals surface area contributed by atoms with Crippen LogP contribution < -0.4 is 10.6 Å². The number of halogens is 1. The Morgan fingerprint density at radius 3 is 2.46 bits per heavy atom. The highest BCUT2D eigenvalue weighted by molar-refractivity contribution is 5.98. The fourth-order valence-electron chi connectivity index (χ4n) is 3.21. The normalized spacial score (nSPS) is 23.3. The second kappa shape index (κ2) is 7.99. The lowest BCUT2D eigenvalue weighted by Crippen LogP contribution is -2.43. The molecule has 3 rings (SSSR count). The van der Waals surface area contributed by atoms with Crippen molar-refractivity contribution in [2.45, 2.75) is 32.2 Å². The molecule has 2 amide bonds. The highest BCUT2D eigenvalue weighted by Gasteiger charge is 2.39. The van der Waals surface area contributed by atoms with E-state index >= 15 is 0 Å². The number of nitrogens with one attached hydrogen (secondary N) is 2. The molecular weight excluding hydrogens is 326 g/mol. The van der Waals surface area contributed by atoms with E-state index in [0.717, 1.165) is 32.4 Å². The van der Waals surface area contributed by atoms with E-state index in [1.54, 1.807) is 6.07 Å². The van der Waals surface area contributed by atoms with Crippen molar-refractivity contribution in [3.05, 3.63) is 29.8 Å². The van der Waals surface area contributed by atoms with Crippen LogP contribution in [0.15, 0.2) is 24.3 Å². The van der Waals surface area contributed by atoms with Crippen LogP contribution in [-0.2, 0) is 4.79 Å². The van der Waals surface area contributed by atoms with Gasteiger partial charge in [-0.3, -0.25) is 9.59 Å². The van der Waals surface area contributed by atoms with Crippen molar-refractivity contribution >= 4 is 29.9 Å². The fraction of sp³-hybridized carbons (Fsp3) is 0.556. The van der Waals surface area contributed by atoms with Gasteiger partial charge in [-0.15, -0.1) is 12.4 Å². The summed E-state index contributed by atoms with van der Waals surface area (Å²) < 4.78 is 0. The van der Waals surface area contributed by atoms with E-state index in [1.807, 2.05) is 30.1 Å². The molecule has 0 aromatic heterocycles. The second-order valence-corrected chi connectivity index (χ2v) is 6.74. The van der Waals surface area contributed by atoms with Crippen molar-refractivity contribution in [1.82, 2.24) is 10.2 Å². The van der Waals surface area contributed by atoms with Gasteiger partial charge in [0.2, 0.25) is 5.91 Å². The smallest absolute Gasteiger partial charge is 0.253 e. The molecule has 1 saturated heterocycles. The minimum absolute atomic E-state index is 0. The SMILES string of the molecule is CNC1CCN(C(=O)c2cccc(NC(=O)C3CC3C)c2)CC1.Cl. The molecule has 1 saturated carbocycles. The summed E-state index contributed by atoms with van der Waals surface area (Å²) in [5, 5.41) is 6.20. The number of carbonyl (C=O) groups excluding carboxylic acids is 2. The van der Waals surface area contributed by atoms with Crippen molar-refractivity contribution in [1.29, 1.82) is 0 Å². The minimum Gasteiger partial charge on any atom is -0.339 e. The molecule has 2 N–H and O–H groups in total. The van der Waals surface area contributed by atoms with Gasteiger partial charge in [-0.25, -0.2) is 0 Å². The maximum absolute atomic E-state index is 12.6. The molecule has 1 aromatic carbocycles. The van der Waals surface area contributed by atoms with Crippen LogP contribution in [-0.4, -0.2) is 42.9 Å². The second-order valence-electron chi connectivity index (χ2n) is 6.74. The standard InChI is InChI=1S/C18H25N3O2.ClH/c1-12-10-16(12)17(22)20-15-5-3-4-13(11-15)18(23)21-8-6-14(19-2)7-9-21;/h3-5,11-12,14,16,19H,6-10H2,1-2H3,(H,20,22);1H. The number of amides is 2. The first kappa shape index (κ1) is 18.7. The van der Waals surface area contributed by atoms with Crippen LogP contribution in [0.2, 0.25) is 0 Å². The maximum Gasteiger partial charge on any atom is 0.253 e. The van der Waals surface area contributed by atoms with Crippen LogP contribution in [0.1, 0.15) is 36.5 Å². The number of benzene rings is 1. The molecule has 2 aliphatic rings. The van der Waals surface area contributed by atoms with E-state index in [-0.39, 0.29) is 30.1 Å². The monoisotopic (exact) mass is 351 g/mol. The Morgan fingerprint density at radius 2 is 1.88 bits per heavy atom. The van der Waals surface area contributed by atoms with Crippen LogP contribution in [0.5, 0.6) is 0 Å². The third-order valence-corrected chi connectivity index (χ3v) is 5.01. The highest BCUT2D eigenvalue weighted by atomic mass is 35.5. The number of carbonyl (C=O) groups is 2. The van der Waals surface area contributed by atoms with Crippen molar-refractivity contribution in [3.63, 3.8) is 0 Å². The van der Waals surface area contributed by atoms with Crippen molar-refractivity contribution in [2.24, 2.45) is 11.8 Å². The van der Waals surface area contributed by atoms with E-state index in [2.05, 4.69) is 17.6 Å². The van der Waals surface area contributed by atoms with Gasteiger partial charge in [-0.05, 0) is 50.4 Å². The molecule has 2 unspecified atom stereocenters. The number of piperidine rings is 1. The van der Waals surface area contributed by atoms with Crippen LogP contribution in [0.25, 0.3) is 0 Å².